The summed E-state index contributed by atoms with van der Waals surface area (Å²) < 4.78 is 5.13. The summed E-state index contributed by atoms with van der Waals surface area (Å²) in [6.45, 7) is 6.71. The van der Waals surface area contributed by atoms with E-state index in [9.17, 15) is 4.79 Å². The van der Waals surface area contributed by atoms with E-state index in [1.54, 1.807) is 0 Å². The SMILES string of the molecule is CC(C)(C)OC(=O)NCCCCNc1ncnc(Cl)c1N. The number of amides is 1. The van der Waals surface area contributed by atoms with Gasteiger partial charge in [0.05, 0.1) is 0 Å². The number of hydrogen-bond acceptors (Lipinski definition) is 6. The first-order valence-electron chi connectivity index (χ1n) is 6.76. The van der Waals surface area contributed by atoms with Gasteiger partial charge in [-0.15, -0.1) is 0 Å². The van der Waals surface area contributed by atoms with Crippen molar-refractivity contribution in [2.24, 2.45) is 0 Å². The molecule has 1 rings (SSSR count). The molecule has 0 radical (unpaired) electrons. The molecule has 0 bridgehead atoms. The van der Waals surface area contributed by atoms with Crippen molar-refractivity contribution in [3.8, 4) is 0 Å². The number of anilines is 2. The van der Waals surface area contributed by atoms with Crippen molar-refractivity contribution in [2.45, 2.75) is 39.2 Å². The standard InChI is InChI=1S/C13H22ClN5O2/c1-13(2,3)21-12(20)17-7-5-4-6-16-11-9(15)10(14)18-8-19-11/h8H,4-7,15H2,1-3H3,(H,17,20)(H,16,18,19). The zero-order chi connectivity index (χ0) is 15.9. The molecule has 1 amide bonds. The fraction of sp³-hybridized carbons (Fsp3) is 0.615. The lowest BCUT2D eigenvalue weighted by molar-refractivity contribution is 0.0527. The van der Waals surface area contributed by atoms with Crippen LogP contribution < -0.4 is 16.4 Å². The fourth-order valence-corrected chi connectivity index (χ4v) is 1.61. The lowest BCUT2D eigenvalue weighted by Gasteiger charge is -2.19. The van der Waals surface area contributed by atoms with Gasteiger partial charge in [-0.05, 0) is 33.6 Å². The minimum Gasteiger partial charge on any atom is -0.444 e. The van der Waals surface area contributed by atoms with Crippen molar-refractivity contribution in [3.05, 3.63) is 11.5 Å². The number of carbonyl (C=O) groups is 1. The first-order valence-corrected chi connectivity index (χ1v) is 7.14. The van der Waals surface area contributed by atoms with E-state index in [0.29, 0.717) is 24.6 Å². The summed E-state index contributed by atoms with van der Waals surface area (Å²) in [5.41, 5.74) is 5.59. The van der Waals surface area contributed by atoms with Gasteiger partial charge in [-0.3, -0.25) is 0 Å². The zero-order valence-corrected chi connectivity index (χ0v) is 13.3. The van der Waals surface area contributed by atoms with E-state index in [0.717, 1.165) is 12.8 Å². The molecule has 0 saturated heterocycles. The predicted octanol–water partition coefficient (Wildman–Crippen LogP) is 2.43. The number of ether oxygens (including phenoxy) is 1. The number of nitrogens with two attached hydrogens (primary N) is 1. The monoisotopic (exact) mass is 315 g/mol. The minimum atomic E-state index is -0.477. The van der Waals surface area contributed by atoms with Crippen LogP contribution in [0.25, 0.3) is 0 Å². The Balaban J connectivity index is 2.15. The molecular formula is C13H22ClN5O2. The summed E-state index contributed by atoms with van der Waals surface area (Å²) in [6, 6.07) is 0. The third-order valence-corrected chi connectivity index (χ3v) is 2.70. The van der Waals surface area contributed by atoms with Crippen molar-refractivity contribution in [1.82, 2.24) is 15.3 Å². The average molecular weight is 316 g/mol. The van der Waals surface area contributed by atoms with Crippen LogP contribution in [-0.4, -0.2) is 34.8 Å². The second-order valence-corrected chi connectivity index (χ2v) is 5.85. The van der Waals surface area contributed by atoms with Gasteiger partial charge in [0.15, 0.2) is 11.0 Å². The maximum absolute atomic E-state index is 11.4. The van der Waals surface area contributed by atoms with Gasteiger partial charge in [0, 0.05) is 13.1 Å². The van der Waals surface area contributed by atoms with Gasteiger partial charge in [0.2, 0.25) is 0 Å². The highest BCUT2D eigenvalue weighted by atomic mass is 35.5. The Hall–Kier alpha value is -1.76. The number of rotatable bonds is 6. The molecule has 0 spiro atoms. The van der Waals surface area contributed by atoms with Crippen LogP contribution >= 0.6 is 11.6 Å². The summed E-state index contributed by atoms with van der Waals surface area (Å²) in [5.74, 6) is 0.523. The molecule has 0 aliphatic rings. The maximum atomic E-state index is 11.4. The fourth-order valence-electron chi connectivity index (χ4n) is 1.48. The highest BCUT2D eigenvalue weighted by molar-refractivity contribution is 6.32. The number of halogens is 1. The van der Waals surface area contributed by atoms with Gasteiger partial charge in [0.1, 0.15) is 17.6 Å². The Labute approximate surface area is 129 Å². The van der Waals surface area contributed by atoms with Crippen LogP contribution in [-0.2, 0) is 4.74 Å². The molecule has 0 aromatic carbocycles. The van der Waals surface area contributed by atoms with Crippen molar-refractivity contribution in [1.29, 1.82) is 0 Å². The average Bonchev–Trinajstić information content (AvgIpc) is 2.36. The number of hydrogen-bond donors (Lipinski definition) is 3. The van der Waals surface area contributed by atoms with Gasteiger partial charge < -0.3 is 21.1 Å². The highest BCUT2D eigenvalue weighted by Crippen LogP contribution is 2.21. The summed E-state index contributed by atoms with van der Waals surface area (Å²) >= 11 is 5.79. The van der Waals surface area contributed by atoms with E-state index < -0.39 is 11.7 Å². The van der Waals surface area contributed by atoms with E-state index in [2.05, 4.69) is 20.6 Å². The van der Waals surface area contributed by atoms with Gasteiger partial charge >= 0.3 is 6.09 Å². The van der Waals surface area contributed by atoms with Gasteiger partial charge in [-0.1, -0.05) is 11.6 Å². The summed E-state index contributed by atoms with van der Waals surface area (Å²) in [5, 5.41) is 6.01. The van der Waals surface area contributed by atoms with Crippen LogP contribution in [0.1, 0.15) is 33.6 Å². The predicted molar refractivity (Wildman–Crippen MR) is 83.4 cm³/mol. The lowest BCUT2D eigenvalue weighted by atomic mass is 10.2. The van der Waals surface area contributed by atoms with Crippen LogP contribution in [0.2, 0.25) is 5.15 Å². The minimum absolute atomic E-state index is 0.235. The Morgan fingerprint density at radius 2 is 2.00 bits per heavy atom. The topological polar surface area (TPSA) is 102 Å². The molecule has 21 heavy (non-hydrogen) atoms. The molecule has 4 N–H and O–H groups in total. The molecular weight excluding hydrogens is 294 g/mol. The zero-order valence-electron chi connectivity index (χ0n) is 12.6. The van der Waals surface area contributed by atoms with Crippen molar-refractivity contribution in [3.63, 3.8) is 0 Å². The maximum Gasteiger partial charge on any atom is 0.407 e. The van der Waals surface area contributed by atoms with Crippen molar-refractivity contribution >= 4 is 29.2 Å². The first kappa shape index (κ1) is 17.3. The smallest absolute Gasteiger partial charge is 0.407 e. The molecule has 0 aliphatic carbocycles. The number of alkyl carbamates (subject to hydrolysis) is 1. The Morgan fingerprint density at radius 3 is 2.67 bits per heavy atom. The number of nitrogens with one attached hydrogen (secondary N) is 2. The molecule has 0 aliphatic heterocycles. The van der Waals surface area contributed by atoms with Crippen molar-refractivity contribution in [2.75, 3.05) is 24.1 Å². The summed E-state index contributed by atoms with van der Waals surface area (Å²) in [6.07, 6.45) is 2.61. The molecule has 118 valence electrons. The third-order valence-electron chi connectivity index (χ3n) is 2.40. The molecule has 7 nitrogen and oxygen atoms in total. The molecule has 0 atom stereocenters. The number of nitrogens with zero attached hydrogens (tertiary/aromatic N) is 2. The quantitative estimate of drug-likeness (QED) is 0.550. The van der Waals surface area contributed by atoms with E-state index in [1.807, 2.05) is 20.8 Å². The van der Waals surface area contributed by atoms with Crippen LogP contribution in [0.4, 0.5) is 16.3 Å². The van der Waals surface area contributed by atoms with Gasteiger partial charge in [-0.25, -0.2) is 14.8 Å². The van der Waals surface area contributed by atoms with Gasteiger partial charge in [-0.2, -0.15) is 0 Å². The Kier molecular flexibility index (Phi) is 6.48. The van der Waals surface area contributed by atoms with Crippen LogP contribution in [0.5, 0.6) is 0 Å². The Morgan fingerprint density at radius 1 is 1.33 bits per heavy atom. The third kappa shape index (κ3) is 6.99. The number of carbonyl (C=O) groups excluding carboxylic acids is 1. The molecule has 0 saturated carbocycles. The molecule has 1 aromatic heterocycles. The Bertz CT molecular complexity index is 476. The highest BCUT2D eigenvalue weighted by Gasteiger charge is 2.15. The second kappa shape index (κ2) is 7.87. The molecule has 0 unspecified atom stereocenters. The van der Waals surface area contributed by atoms with E-state index >= 15 is 0 Å². The normalized spacial score (nSPS) is 11.0. The number of nitrogen functional groups attached to an aromatic ring is 1. The van der Waals surface area contributed by atoms with E-state index in [4.69, 9.17) is 22.1 Å². The van der Waals surface area contributed by atoms with Crippen LogP contribution in [0, 0.1) is 0 Å². The van der Waals surface area contributed by atoms with Crippen LogP contribution in [0.15, 0.2) is 6.33 Å². The van der Waals surface area contributed by atoms with Gasteiger partial charge in [0.25, 0.3) is 0 Å². The first-order chi connectivity index (χ1) is 9.79. The largest absolute Gasteiger partial charge is 0.444 e. The molecule has 0 fully saturated rings. The van der Waals surface area contributed by atoms with Crippen LogP contribution in [0.3, 0.4) is 0 Å². The molecule has 8 heteroatoms. The summed E-state index contributed by atoms with van der Waals surface area (Å²) in [4.78, 5) is 19.2. The van der Waals surface area contributed by atoms with E-state index in [-0.39, 0.29) is 5.15 Å². The van der Waals surface area contributed by atoms with Crippen molar-refractivity contribution < 1.29 is 9.53 Å². The lowest BCUT2D eigenvalue weighted by Crippen LogP contribution is -2.33. The van der Waals surface area contributed by atoms with E-state index in [1.165, 1.54) is 6.33 Å². The number of unbranched alkanes of at least 4 members (excludes halogenated alkanes) is 1. The molecule has 1 aromatic rings. The number of aromatic nitrogens is 2. The summed E-state index contributed by atoms with van der Waals surface area (Å²) in [7, 11) is 0. The molecule has 1 heterocycles. The second-order valence-electron chi connectivity index (χ2n) is 5.49.